The fraction of sp³-hybridized carbons (Fsp3) is 0.286. The van der Waals surface area contributed by atoms with Crippen molar-refractivity contribution in [2.45, 2.75) is 5.03 Å². The Kier molecular flexibility index (Phi) is 4.60. The molecule has 0 amide bonds. The minimum Gasteiger partial charge on any atom is -0.468 e. The van der Waals surface area contributed by atoms with Gasteiger partial charge >= 0.3 is 11.7 Å². The first-order valence-electron chi connectivity index (χ1n) is 4.25. The minimum atomic E-state index is -0.672. The Morgan fingerprint density at radius 1 is 1.71 bits per heavy atom. The first-order chi connectivity index (χ1) is 8.10. The summed E-state index contributed by atoms with van der Waals surface area (Å²) in [4.78, 5) is 28.4. The highest BCUT2D eigenvalue weighted by atomic mass is 32.2. The lowest BCUT2D eigenvalue weighted by Gasteiger charge is -2.04. The number of nitrogens with two attached hydrogens (primary N) is 1. The molecule has 3 N–H and O–H groups in total. The van der Waals surface area contributed by atoms with Crippen LogP contribution in [0, 0.1) is 10.1 Å². The molecule has 0 spiro atoms. The summed E-state index contributed by atoms with van der Waals surface area (Å²) in [7, 11) is 1.23. The molecule has 1 rings (SSSR count). The molecule has 0 aliphatic heterocycles. The third-order valence-corrected chi connectivity index (χ3v) is 2.61. The van der Waals surface area contributed by atoms with Gasteiger partial charge in [-0.15, -0.1) is 0 Å². The number of aromatic nitrogens is 2. The Morgan fingerprint density at radius 3 is 2.94 bits per heavy atom. The first-order valence-corrected chi connectivity index (χ1v) is 5.24. The minimum absolute atomic E-state index is 0.0448. The molecule has 0 aliphatic carbocycles. The van der Waals surface area contributed by atoms with Crippen LogP contribution in [0.15, 0.2) is 11.4 Å². The zero-order valence-electron chi connectivity index (χ0n) is 8.74. The van der Waals surface area contributed by atoms with Crippen LogP contribution in [0.2, 0.25) is 0 Å². The van der Waals surface area contributed by atoms with Crippen molar-refractivity contribution in [2.24, 2.45) is 5.84 Å². The number of carbonyl (C=O) groups excluding carboxylic acids is 1. The normalized spacial score (nSPS) is 9.76. The summed E-state index contributed by atoms with van der Waals surface area (Å²) < 4.78 is 4.42. The number of anilines is 1. The lowest BCUT2D eigenvalue weighted by molar-refractivity contribution is -0.387. The predicted octanol–water partition coefficient (Wildman–Crippen LogP) is -0.0645. The number of methoxy groups -OCH3 is 1. The third-order valence-electron chi connectivity index (χ3n) is 1.66. The van der Waals surface area contributed by atoms with E-state index < -0.39 is 10.9 Å². The molecule has 10 heteroatoms. The van der Waals surface area contributed by atoms with Gasteiger partial charge in [-0.2, -0.15) is 0 Å². The molecule has 1 aromatic rings. The molecule has 17 heavy (non-hydrogen) atoms. The van der Waals surface area contributed by atoms with E-state index in [1.807, 2.05) is 0 Å². The van der Waals surface area contributed by atoms with Gasteiger partial charge in [0.15, 0.2) is 5.03 Å². The molecule has 1 heterocycles. The molecular formula is C7H9N5O4S. The molecule has 0 fully saturated rings. The van der Waals surface area contributed by atoms with Gasteiger partial charge in [-0.3, -0.25) is 14.9 Å². The number of nitrogens with one attached hydrogen (secondary N) is 1. The number of hydrazine groups is 1. The summed E-state index contributed by atoms with van der Waals surface area (Å²) in [6, 6.07) is 0. The molecular weight excluding hydrogens is 250 g/mol. The van der Waals surface area contributed by atoms with Gasteiger partial charge in [-0.25, -0.2) is 15.8 Å². The number of thioether (sulfide) groups is 1. The molecule has 0 unspecified atom stereocenters. The van der Waals surface area contributed by atoms with Crippen molar-refractivity contribution in [3.63, 3.8) is 0 Å². The van der Waals surface area contributed by atoms with Gasteiger partial charge in [-0.05, 0) is 0 Å². The molecule has 0 atom stereocenters. The largest absolute Gasteiger partial charge is 0.468 e. The van der Waals surface area contributed by atoms with E-state index in [9.17, 15) is 14.9 Å². The third kappa shape index (κ3) is 3.26. The maximum Gasteiger partial charge on any atom is 0.344 e. The number of nitrogens with zero attached hydrogens (tertiary/aromatic N) is 3. The summed E-state index contributed by atoms with van der Waals surface area (Å²) in [5, 5.41) is 10.9. The standard InChI is InChI=1S/C7H9N5O4S/c1-16-4(13)2-17-7-5(12(14)15)6(11-8)9-3-10-7/h3H,2,8H2,1H3,(H,9,10,11). The van der Waals surface area contributed by atoms with E-state index in [0.29, 0.717) is 0 Å². The van der Waals surface area contributed by atoms with Crippen LogP contribution in [0.5, 0.6) is 0 Å². The van der Waals surface area contributed by atoms with E-state index >= 15 is 0 Å². The maximum absolute atomic E-state index is 10.9. The zero-order valence-corrected chi connectivity index (χ0v) is 9.56. The Labute approximate surface area is 99.9 Å². The van der Waals surface area contributed by atoms with Crippen LogP contribution < -0.4 is 11.3 Å². The van der Waals surface area contributed by atoms with Gasteiger partial charge in [0.05, 0.1) is 17.8 Å². The molecule has 9 nitrogen and oxygen atoms in total. The quantitative estimate of drug-likeness (QED) is 0.186. The highest BCUT2D eigenvalue weighted by Crippen LogP contribution is 2.31. The summed E-state index contributed by atoms with van der Waals surface area (Å²) in [5.41, 5.74) is 1.73. The molecule has 1 aromatic heterocycles. The number of hydrogen-bond acceptors (Lipinski definition) is 9. The van der Waals surface area contributed by atoms with Gasteiger partial charge in [-0.1, -0.05) is 11.8 Å². The molecule has 0 saturated heterocycles. The molecule has 0 bridgehead atoms. The number of nitro groups is 1. The Bertz CT molecular complexity index is 440. The van der Waals surface area contributed by atoms with Crippen molar-refractivity contribution in [3.8, 4) is 0 Å². The summed E-state index contributed by atoms with van der Waals surface area (Å²) in [5.74, 6) is 4.39. The highest BCUT2D eigenvalue weighted by molar-refractivity contribution is 8.00. The average molecular weight is 259 g/mol. The van der Waals surface area contributed by atoms with E-state index in [1.54, 1.807) is 0 Å². The lowest BCUT2D eigenvalue weighted by atomic mass is 10.5. The van der Waals surface area contributed by atoms with Crippen LogP contribution in [0.25, 0.3) is 0 Å². The van der Waals surface area contributed by atoms with Crippen molar-refractivity contribution in [3.05, 3.63) is 16.4 Å². The maximum atomic E-state index is 10.9. The van der Waals surface area contributed by atoms with E-state index in [4.69, 9.17) is 5.84 Å². The van der Waals surface area contributed by atoms with Crippen LogP contribution in [-0.2, 0) is 9.53 Å². The monoisotopic (exact) mass is 259 g/mol. The fourth-order valence-corrected chi connectivity index (χ4v) is 1.73. The van der Waals surface area contributed by atoms with Gasteiger partial charge in [0, 0.05) is 0 Å². The summed E-state index contributed by atoms with van der Waals surface area (Å²) >= 11 is 0.875. The highest BCUT2D eigenvalue weighted by Gasteiger charge is 2.23. The predicted molar refractivity (Wildman–Crippen MR) is 59.2 cm³/mol. The first kappa shape index (κ1) is 13.1. The van der Waals surface area contributed by atoms with Gasteiger partial charge < -0.3 is 10.2 Å². The van der Waals surface area contributed by atoms with Crippen LogP contribution in [0.3, 0.4) is 0 Å². The number of hydrogen-bond donors (Lipinski definition) is 2. The van der Waals surface area contributed by atoms with Crippen LogP contribution >= 0.6 is 11.8 Å². The zero-order chi connectivity index (χ0) is 12.8. The molecule has 0 aromatic carbocycles. The molecule has 0 radical (unpaired) electrons. The Morgan fingerprint density at radius 2 is 2.41 bits per heavy atom. The van der Waals surface area contributed by atoms with Crippen molar-refractivity contribution in [1.82, 2.24) is 9.97 Å². The van der Waals surface area contributed by atoms with Crippen molar-refractivity contribution in [2.75, 3.05) is 18.3 Å². The van der Waals surface area contributed by atoms with E-state index in [-0.39, 0.29) is 22.3 Å². The number of ether oxygens (including phenoxy) is 1. The number of rotatable bonds is 5. The topological polar surface area (TPSA) is 133 Å². The second-order valence-corrected chi connectivity index (χ2v) is 3.61. The Hall–Kier alpha value is -1.94. The fourth-order valence-electron chi connectivity index (χ4n) is 0.925. The van der Waals surface area contributed by atoms with Crippen molar-refractivity contribution >= 4 is 29.2 Å². The number of carbonyl (C=O) groups is 1. The van der Waals surface area contributed by atoms with Crippen LogP contribution in [-0.4, -0.2) is 33.7 Å². The van der Waals surface area contributed by atoms with E-state index in [1.165, 1.54) is 7.11 Å². The molecule has 0 aliphatic rings. The average Bonchev–Trinajstić information content (AvgIpc) is 2.34. The SMILES string of the molecule is COC(=O)CSc1ncnc(NN)c1[N+](=O)[O-]. The van der Waals surface area contributed by atoms with Crippen LogP contribution in [0.1, 0.15) is 0 Å². The van der Waals surface area contributed by atoms with Crippen molar-refractivity contribution < 1.29 is 14.5 Å². The van der Waals surface area contributed by atoms with E-state index in [0.717, 1.165) is 18.1 Å². The summed E-state index contributed by atoms with van der Waals surface area (Å²) in [6.07, 6.45) is 1.11. The van der Waals surface area contributed by atoms with Gasteiger partial charge in [0.1, 0.15) is 6.33 Å². The Balaban J connectivity index is 2.98. The second kappa shape index (κ2) is 5.96. The van der Waals surface area contributed by atoms with Gasteiger partial charge in [0.25, 0.3) is 0 Å². The van der Waals surface area contributed by atoms with Crippen molar-refractivity contribution in [1.29, 1.82) is 0 Å². The molecule has 92 valence electrons. The number of esters is 1. The smallest absolute Gasteiger partial charge is 0.344 e. The molecule has 0 saturated carbocycles. The van der Waals surface area contributed by atoms with Gasteiger partial charge in [0.2, 0.25) is 5.82 Å². The summed E-state index contributed by atoms with van der Waals surface area (Å²) in [6.45, 7) is 0. The second-order valence-electron chi connectivity index (χ2n) is 2.64. The lowest BCUT2D eigenvalue weighted by Crippen LogP contribution is -2.12. The number of nitrogen functional groups attached to an aromatic ring is 1. The van der Waals surface area contributed by atoms with Crippen LogP contribution in [0.4, 0.5) is 11.5 Å². The van der Waals surface area contributed by atoms with E-state index in [2.05, 4.69) is 20.1 Å².